The number of aryl methyl sites for hydroxylation is 2. The molecule has 6 heteroatoms. The van der Waals surface area contributed by atoms with Gasteiger partial charge in [0.1, 0.15) is 5.75 Å². The number of ether oxygens (including phenoxy) is 1. The highest BCUT2D eigenvalue weighted by Crippen LogP contribution is 2.22. The van der Waals surface area contributed by atoms with Gasteiger partial charge in [0.15, 0.2) is 12.4 Å². The lowest BCUT2D eigenvalue weighted by Crippen LogP contribution is -2.20. The fourth-order valence-corrected chi connectivity index (χ4v) is 3.68. The Morgan fingerprint density at radius 2 is 1.67 bits per heavy atom. The molecular formula is C24H26N4O2. The standard InChI is InChI=1S/C24H26N4O2/c1-17-13-18(2)15-21(14-17)30-16-24(29)25-20-7-5-19(6-8-20)22-9-10-23(27-26-22)28-11-3-4-12-28/h5-10,13-15H,3-4,11-12,16H2,1-2H3,(H,25,29). The zero-order valence-electron chi connectivity index (χ0n) is 17.4. The summed E-state index contributed by atoms with van der Waals surface area (Å²) in [5.41, 5.74) is 4.71. The van der Waals surface area contributed by atoms with Crippen molar-refractivity contribution in [3.63, 3.8) is 0 Å². The lowest BCUT2D eigenvalue weighted by molar-refractivity contribution is -0.118. The third kappa shape index (κ3) is 4.95. The number of nitrogens with one attached hydrogen (secondary N) is 1. The highest BCUT2D eigenvalue weighted by Gasteiger charge is 2.14. The summed E-state index contributed by atoms with van der Waals surface area (Å²) in [5, 5.41) is 11.6. The molecule has 1 aliphatic rings. The maximum atomic E-state index is 12.2. The van der Waals surface area contributed by atoms with Crippen molar-refractivity contribution in [1.82, 2.24) is 10.2 Å². The monoisotopic (exact) mass is 402 g/mol. The van der Waals surface area contributed by atoms with Gasteiger partial charge in [-0.05, 0) is 74.2 Å². The number of rotatable bonds is 6. The van der Waals surface area contributed by atoms with Gasteiger partial charge in [-0.2, -0.15) is 0 Å². The van der Waals surface area contributed by atoms with E-state index in [9.17, 15) is 4.79 Å². The third-order valence-corrected chi connectivity index (χ3v) is 5.11. The maximum Gasteiger partial charge on any atom is 0.262 e. The van der Waals surface area contributed by atoms with Crippen LogP contribution in [-0.2, 0) is 4.79 Å². The third-order valence-electron chi connectivity index (χ3n) is 5.11. The normalized spacial score (nSPS) is 13.3. The van der Waals surface area contributed by atoms with Gasteiger partial charge in [-0.15, -0.1) is 10.2 Å². The van der Waals surface area contributed by atoms with E-state index in [1.165, 1.54) is 12.8 Å². The van der Waals surface area contributed by atoms with Gasteiger partial charge in [0, 0.05) is 24.3 Å². The highest BCUT2D eigenvalue weighted by molar-refractivity contribution is 5.92. The zero-order chi connectivity index (χ0) is 20.9. The molecule has 3 aromatic rings. The number of hydrogen-bond donors (Lipinski definition) is 1. The second kappa shape index (κ2) is 8.95. The summed E-state index contributed by atoms with van der Waals surface area (Å²) in [5.74, 6) is 1.44. The van der Waals surface area contributed by atoms with Gasteiger partial charge in [0.05, 0.1) is 5.69 Å². The van der Waals surface area contributed by atoms with E-state index < -0.39 is 0 Å². The lowest BCUT2D eigenvalue weighted by Gasteiger charge is -2.15. The van der Waals surface area contributed by atoms with Crippen molar-refractivity contribution >= 4 is 17.4 Å². The van der Waals surface area contributed by atoms with Crippen molar-refractivity contribution in [3.8, 4) is 17.0 Å². The Bertz CT molecular complexity index is 990. The topological polar surface area (TPSA) is 67.3 Å². The number of nitrogens with zero attached hydrogens (tertiary/aromatic N) is 3. The molecule has 1 aliphatic heterocycles. The average molecular weight is 402 g/mol. The van der Waals surface area contributed by atoms with Gasteiger partial charge in [-0.25, -0.2) is 0 Å². The summed E-state index contributed by atoms with van der Waals surface area (Å²) in [7, 11) is 0. The van der Waals surface area contributed by atoms with Crippen LogP contribution in [-0.4, -0.2) is 35.8 Å². The van der Waals surface area contributed by atoms with Gasteiger partial charge in [0.25, 0.3) is 5.91 Å². The Morgan fingerprint density at radius 1 is 0.967 bits per heavy atom. The van der Waals surface area contributed by atoms with E-state index in [4.69, 9.17) is 4.74 Å². The average Bonchev–Trinajstić information content (AvgIpc) is 3.27. The largest absolute Gasteiger partial charge is 0.484 e. The van der Waals surface area contributed by atoms with Crippen LogP contribution in [0.4, 0.5) is 11.5 Å². The Kier molecular flexibility index (Phi) is 5.93. The van der Waals surface area contributed by atoms with E-state index in [0.717, 1.165) is 47.0 Å². The molecule has 0 bridgehead atoms. The SMILES string of the molecule is Cc1cc(C)cc(OCC(=O)Nc2ccc(-c3ccc(N4CCCC4)nn3)cc2)c1. The van der Waals surface area contributed by atoms with Gasteiger partial charge < -0.3 is 15.0 Å². The molecule has 30 heavy (non-hydrogen) atoms. The number of carbonyl (C=O) groups excluding carboxylic acids is 1. The molecular weight excluding hydrogens is 376 g/mol. The Labute approximate surface area is 176 Å². The van der Waals surface area contributed by atoms with E-state index in [1.807, 2.05) is 62.4 Å². The van der Waals surface area contributed by atoms with Crippen LogP contribution in [0.3, 0.4) is 0 Å². The van der Waals surface area contributed by atoms with Gasteiger partial charge in [-0.3, -0.25) is 4.79 Å². The van der Waals surface area contributed by atoms with Crippen LogP contribution >= 0.6 is 0 Å². The molecule has 0 radical (unpaired) electrons. The van der Waals surface area contributed by atoms with Crippen molar-refractivity contribution < 1.29 is 9.53 Å². The van der Waals surface area contributed by atoms with Crippen LogP contribution in [0.1, 0.15) is 24.0 Å². The number of aromatic nitrogens is 2. The van der Waals surface area contributed by atoms with Crippen LogP contribution in [0.2, 0.25) is 0 Å². The Morgan fingerprint density at radius 3 is 2.30 bits per heavy atom. The summed E-state index contributed by atoms with van der Waals surface area (Å²) in [6.45, 7) is 6.08. The van der Waals surface area contributed by atoms with Crippen LogP contribution in [0.5, 0.6) is 5.75 Å². The molecule has 2 heterocycles. The molecule has 2 aromatic carbocycles. The van der Waals surface area contributed by atoms with Crippen LogP contribution in [0.15, 0.2) is 54.6 Å². The van der Waals surface area contributed by atoms with Gasteiger partial charge in [-0.1, -0.05) is 18.2 Å². The van der Waals surface area contributed by atoms with Gasteiger partial charge in [0.2, 0.25) is 0 Å². The number of hydrogen-bond acceptors (Lipinski definition) is 5. The second-order valence-electron chi connectivity index (χ2n) is 7.71. The van der Waals surface area contributed by atoms with Crippen molar-refractivity contribution in [2.75, 3.05) is 29.9 Å². The predicted molar refractivity (Wildman–Crippen MR) is 119 cm³/mol. The quantitative estimate of drug-likeness (QED) is 0.663. The van der Waals surface area contributed by atoms with Crippen LogP contribution in [0, 0.1) is 13.8 Å². The molecule has 0 saturated carbocycles. The Hall–Kier alpha value is -3.41. The molecule has 1 saturated heterocycles. The van der Waals surface area contributed by atoms with E-state index in [1.54, 1.807) is 0 Å². The van der Waals surface area contributed by atoms with Crippen LogP contribution in [0.25, 0.3) is 11.3 Å². The van der Waals surface area contributed by atoms with Crippen molar-refractivity contribution in [3.05, 3.63) is 65.7 Å². The van der Waals surface area contributed by atoms with Crippen LogP contribution < -0.4 is 15.0 Å². The first-order valence-corrected chi connectivity index (χ1v) is 10.3. The first-order valence-electron chi connectivity index (χ1n) is 10.3. The first kappa shape index (κ1) is 19.9. The Balaban J connectivity index is 1.33. The molecule has 1 aromatic heterocycles. The summed E-state index contributed by atoms with van der Waals surface area (Å²) in [6.07, 6.45) is 2.43. The zero-order valence-corrected chi connectivity index (χ0v) is 17.4. The first-order chi connectivity index (χ1) is 14.6. The fourth-order valence-electron chi connectivity index (χ4n) is 3.68. The molecule has 0 unspecified atom stereocenters. The number of amides is 1. The van der Waals surface area contributed by atoms with E-state index in [-0.39, 0.29) is 12.5 Å². The number of anilines is 2. The summed E-state index contributed by atoms with van der Waals surface area (Å²) >= 11 is 0. The highest BCUT2D eigenvalue weighted by atomic mass is 16.5. The summed E-state index contributed by atoms with van der Waals surface area (Å²) in [4.78, 5) is 14.5. The predicted octanol–water partition coefficient (Wildman–Crippen LogP) is 4.38. The summed E-state index contributed by atoms with van der Waals surface area (Å²) in [6, 6.07) is 17.5. The maximum absolute atomic E-state index is 12.2. The minimum atomic E-state index is -0.198. The molecule has 0 aliphatic carbocycles. The minimum absolute atomic E-state index is 0.0336. The molecule has 1 amide bonds. The van der Waals surface area contributed by atoms with E-state index in [0.29, 0.717) is 5.75 Å². The molecule has 1 fully saturated rings. The smallest absolute Gasteiger partial charge is 0.262 e. The molecule has 6 nitrogen and oxygen atoms in total. The number of carbonyl (C=O) groups is 1. The van der Waals surface area contributed by atoms with Crippen molar-refractivity contribution in [2.24, 2.45) is 0 Å². The second-order valence-corrected chi connectivity index (χ2v) is 7.71. The molecule has 4 rings (SSSR count). The van der Waals surface area contributed by atoms with Crippen molar-refractivity contribution in [2.45, 2.75) is 26.7 Å². The number of benzene rings is 2. The van der Waals surface area contributed by atoms with E-state index >= 15 is 0 Å². The van der Waals surface area contributed by atoms with Gasteiger partial charge >= 0.3 is 0 Å². The van der Waals surface area contributed by atoms with Crippen molar-refractivity contribution in [1.29, 1.82) is 0 Å². The fraction of sp³-hybridized carbons (Fsp3) is 0.292. The molecule has 0 atom stereocenters. The minimum Gasteiger partial charge on any atom is -0.484 e. The molecule has 0 spiro atoms. The lowest BCUT2D eigenvalue weighted by atomic mass is 10.1. The summed E-state index contributed by atoms with van der Waals surface area (Å²) < 4.78 is 5.61. The molecule has 1 N–H and O–H groups in total. The molecule has 154 valence electrons. The van der Waals surface area contributed by atoms with E-state index in [2.05, 4.69) is 26.5 Å².